The molecule has 1 rings (SSSR count). The molecule has 1 aromatic carbocycles. The maximum absolute atomic E-state index is 11.9. The van der Waals surface area contributed by atoms with Crippen molar-refractivity contribution >= 4 is 5.91 Å². The first kappa shape index (κ1) is 17.9. The second-order valence-corrected chi connectivity index (χ2v) is 4.97. The Balaban J connectivity index is 3.10. The minimum atomic E-state index is -0.871. The van der Waals surface area contributed by atoms with Crippen molar-refractivity contribution in [2.24, 2.45) is 5.73 Å². The summed E-state index contributed by atoms with van der Waals surface area (Å²) >= 11 is 0. The van der Waals surface area contributed by atoms with Crippen LogP contribution in [0.5, 0.6) is 0 Å². The van der Waals surface area contributed by atoms with Crippen LogP contribution in [-0.2, 0) is 4.79 Å². The molecule has 0 saturated heterocycles. The fraction of sp³-hybridized carbons (Fsp3) is 0.278. The minimum Gasteiger partial charge on any atom is -0.386 e. The Kier molecular flexibility index (Phi) is 7.29. The second-order valence-electron chi connectivity index (χ2n) is 4.97. The molecular formula is C18H24N2O2. The van der Waals surface area contributed by atoms with Crippen LogP contribution < -0.4 is 5.73 Å². The number of likely N-dealkylation sites (N-methyl/N-ethyl adjacent to an activating group) is 1. The van der Waals surface area contributed by atoms with Crippen molar-refractivity contribution in [2.75, 3.05) is 13.6 Å². The van der Waals surface area contributed by atoms with Crippen molar-refractivity contribution in [3.63, 3.8) is 0 Å². The average Bonchev–Trinajstić information content (AvgIpc) is 2.55. The van der Waals surface area contributed by atoms with Gasteiger partial charge in [0.1, 0.15) is 6.10 Å². The number of aliphatic hydroxyl groups is 1. The number of carbonyl (C=O) groups excluding carboxylic acids is 1. The maximum atomic E-state index is 11.9. The number of carbonyl (C=O) groups is 1. The first-order valence-corrected chi connectivity index (χ1v) is 7.19. The number of benzene rings is 1. The standard InChI is InChI=1S/C18H24N2O2/c1-4-5-7-10-14(2)17(20(3)16(21)13-19)18(22)15-11-8-6-9-12-15/h4-12,17-18,22H,2,13,19H2,1,3H3/b5-4-,10-7-/t17-,18-/m1/s1. The average molecular weight is 300 g/mol. The summed E-state index contributed by atoms with van der Waals surface area (Å²) < 4.78 is 0. The Morgan fingerprint density at radius 1 is 1.36 bits per heavy atom. The number of allylic oxidation sites excluding steroid dienone is 3. The van der Waals surface area contributed by atoms with E-state index < -0.39 is 12.1 Å². The van der Waals surface area contributed by atoms with Crippen LogP contribution in [0.15, 0.2) is 66.8 Å². The lowest BCUT2D eigenvalue weighted by molar-refractivity contribution is -0.131. The van der Waals surface area contributed by atoms with Gasteiger partial charge in [0, 0.05) is 7.05 Å². The van der Waals surface area contributed by atoms with Crippen LogP contribution in [0.3, 0.4) is 0 Å². The molecule has 4 nitrogen and oxygen atoms in total. The van der Waals surface area contributed by atoms with E-state index in [1.54, 1.807) is 13.1 Å². The van der Waals surface area contributed by atoms with Crippen molar-refractivity contribution < 1.29 is 9.90 Å². The summed E-state index contributed by atoms with van der Waals surface area (Å²) in [6.07, 6.45) is 6.50. The van der Waals surface area contributed by atoms with Gasteiger partial charge in [-0.15, -0.1) is 0 Å². The molecule has 0 aliphatic carbocycles. The Bertz CT molecular complexity index is 549. The first-order valence-electron chi connectivity index (χ1n) is 7.19. The Labute approximate surface area is 132 Å². The normalized spacial score (nSPS) is 14.2. The van der Waals surface area contributed by atoms with Gasteiger partial charge in [0.25, 0.3) is 0 Å². The van der Waals surface area contributed by atoms with E-state index in [-0.39, 0.29) is 12.5 Å². The van der Waals surface area contributed by atoms with Gasteiger partial charge in [0.2, 0.25) is 5.91 Å². The minimum absolute atomic E-state index is 0.111. The largest absolute Gasteiger partial charge is 0.386 e. The third-order valence-electron chi connectivity index (χ3n) is 3.42. The molecule has 0 aliphatic rings. The zero-order chi connectivity index (χ0) is 16.5. The highest BCUT2D eigenvalue weighted by Gasteiger charge is 2.28. The highest BCUT2D eigenvalue weighted by Crippen LogP contribution is 2.25. The Morgan fingerprint density at radius 2 is 2.00 bits per heavy atom. The summed E-state index contributed by atoms with van der Waals surface area (Å²) in [6.45, 7) is 5.80. The lowest BCUT2D eigenvalue weighted by Gasteiger charge is -2.32. The van der Waals surface area contributed by atoms with Gasteiger partial charge in [-0.3, -0.25) is 4.79 Å². The zero-order valence-corrected chi connectivity index (χ0v) is 13.1. The summed E-state index contributed by atoms with van der Waals surface area (Å²) in [4.78, 5) is 13.4. The number of rotatable bonds is 7. The molecule has 1 aromatic rings. The van der Waals surface area contributed by atoms with E-state index >= 15 is 0 Å². The summed E-state index contributed by atoms with van der Waals surface area (Å²) in [6, 6.07) is 8.64. The molecule has 0 aliphatic heterocycles. The summed E-state index contributed by atoms with van der Waals surface area (Å²) in [5, 5.41) is 10.7. The quantitative estimate of drug-likeness (QED) is 0.759. The van der Waals surface area contributed by atoms with E-state index in [2.05, 4.69) is 6.58 Å². The van der Waals surface area contributed by atoms with Crippen molar-refractivity contribution in [2.45, 2.75) is 19.1 Å². The van der Waals surface area contributed by atoms with E-state index in [9.17, 15) is 9.90 Å². The molecule has 118 valence electrons. The highest BCUT2D eigenvalue weighted by atomic mass is 16.3. The second kappa shape index (κ2) is 8.97. The number of nitrogens with zero attached hydrogens (tertiary/aromatic N) is 1. The molecule has 3 N–H and O–H groups in total. The third-order valence-corrected chi connectivity index (χ3v) is 3.42. The summed E-state index contributed by atoms with van der Waals surface area (Å²) in [5.41, 5.74) is 6.80. The summed E-state index contributed by atoms with van der Waals surface area (Å²) in [5.74, 6) is -0.249. The van der Waals surface area contributed by atoms with E-state index in [1.165, 1.54) is 4.90 Å². The zero-order valence-electron chi connectivity index (χ0n) is 13.1. The molecular weight excluding hydrogens is 276 g/mol. The predicted octanol–water partition coefficient (Wildman–Crippen LogP) is 2.19. The van der Waals surface area contributed by atoms with E-state index in [0.717, 1.165) is 5.56 Å². The lowest BCUT2D eigenvalue weighted by Crippen LogP contribution is -2.44. The Hall–Kier alpha value is -2.17. The number of hydrogen-bond donors (Lipinski definition) is 2. The monoisotopic (exact) mass is 300 g/mol. The molecule has 2 atom stereocenters. The topological polar surface area (TPSA) is 66.6 Å². The van der Waals surface area contributed by atoms with Crippen LogP contribution in [-0.4, -0.2) is 35.5 Å². The van der Waals surface area contributed by atoms with Crippen LogP contribution >= 0.6 is 0 Å². The van der Waals surface area contributed by atoms with Crippen molar-refractivity contribution in [1.29, 1.82) is 0 Å². The molecule has 0 unspecified atom stereocenters. The molecule has 4 heteroatoms. The fourth-order valence-corrected chi connectivity index (χ4v) is 2.18. The predicted molar refractivity (Wildman–Crippen MR) is 90.1 cm³/mol. The summed E-state index contributed by atoms with van der Waals surface area (Å²) in [7, 11) is 1.63. The van der Waals surface area contributed by atoms with Gasteiger partial charge in [-0.1, -0.05) is 61.2 Å². The molecule has 0 heterocycles. The number of aliphatic hydroxyl groups excluding tert-OH is 1. The van der Waals surface area contributed by atoms with Crippen LogP contribution in [0.2, 0.25) is 0 Å². The number of nitrogens with two attached hydrogens (primary N) is 1. The number of hydrogen-bond acceptors (Lipinski definition) is 3. The van der Waals surface area contributed by atoms with Crippen molar-refractivity contribution in [3.8, 4) is 0 Å². The van der Waals surface area contributed by atoms with Crippen LogP contribution in [0.4, 0.5) is 0 Å². The molecule has 0 aromatic heterocycles. The molecule has 0 saturated carbocycles. The maximum Gasteiger partial charge on any atom is 0.236 e. The van der Waals surface area contributed by atoms with Gasteiger partial charge in [0.15, 0.2) is 0 Å². The molecule has 0 bridgehead atoms. The number of amides is 1. The van der Waals surface area contributed by atoms with E-state index in [4.69, 9.17) is 5.73 Å². The van der Waals surface area contributed by atoms with E-state index in [0.29, 0.717) is 5.57 Å². The smallest absolute Gasteiger partial charge is 0.236 e. The van der Waals surface area contributed by atoms with Gasteiger partial charge < -0.3 is 15.7 Å². The van der Waals surface area contributed by atoms with Crippen molar-refractivity contribution in [1.82, 2.24) is 4.90 Å². The van der Waals surface area contributed by atoms with Crippen LogP contribution in [0, 0.1) is 0 Å². The third kappa shape index (κ3) is 4.69. The van der Waals surface area contributed by atoms with Gasteiger partial charge in [0.05, 0.1) is 12.6 Å². The fourth-order valence-electron chi connectivity index (χ4n) is 2.18. The van der Waals surface area contributed by atoms with Crippen molar-refractivity contribution in [3.05, 3.63) is 72.4 Å². The van der Waals surface area contributed by atoms with E-state index in [1.807, 2.05) is 55.5 Å². The first-order chi connectivity index (χ1) is 10.5. The molecule has 0 spiro atoms. The molecule has 0 fully saturated rings. The SMILES string of the molecule is C=C(/C=C\C=C/C)[C@H]([C@H](O)c1ccccc1)N(C)C(=O)CN. The van der Waals surface area contributed by atoms with Gasteiger partial charge in [-0.25, -0.2) is 0 Å². The van der Waals surface area contributed by atoms with Gasteiger partial charge >= 0.3 is 0 Å². The van der Waals surface area contributed by atoms with Crippen LogP contribution in [0.25, 0.3) is 0 Å². The lowest BCUT2D eigenvalue weighted by atomic mass is 9.95. The molecule has 0 radical (unpaired) electrons. The molecule has 22 heavy (non-hydrogen) atoms. The highest BCUT2D eigenvalue weighted by molar-refractivity contribution is 5.78. The van der Waals surface area contributed by atoms with Gasteiger partial charge in [-0.05, 0) is 18.1 Å². The van der Waals surface area contributed by atoms with Crippen LogP contribution in [0.1, 0.15) is 18.6 Å². The Morgan fingerprint density at radius 3 is 2.55 bits per heavy atom. The van der Waals surface area contributed by atoms with Gasteiger partial charge in [-0.2, -0.15) is 0 Å². The molecule has 1 amide bonds.